The minimum absolute atomic E-state index is 0.0687. The molecule has 0 aliphatic carbocycles. The highest BCUT2D eigenvalue weighted by molar-refractivity contribution is 5.85. The van der Waals surface area contributed by atoms with Crippen LogP contribution in [0.4, 0.5) is 11.6 Å². The Morgan fingerprint density at radius 3 is 3.00 bits per heavy atom. The highest BCUT2D eigenvalue weighted by atomic mass is 16.2. The van der Waals surface area contributed by atoms with E-state index in [0.717, 1.165) is 31.0 Å². The predicted octanol–water partition coefficient (Wildman–Crippen LogP) is 0.838. The largest absolute Gasteiger partial charge is 0.373 e. The summed E-state index contributed by atoms with van der Waals surface area (Å²) in [5, 5.41) is 5.72. The van der Waals surface area contributed by atoms with Crippen molar-refractivity contribution in [1.29, 1.82) is 0 Å². The first-order valence-corrected chi connectivity index (χ1v) is 5.89. The van der Waals surface area contributed by atoms with Gasteiger partial charge >= 0.3 is 0 Å². The van der Waals surface area contributed by atoms with Crippen LogP contribution in [-0.4, -0.2) is 37.6 Å². The molecule has 0 saturated carbocycles. The van der Waals surface area contributed by atoms with Gasteiger partial charge in [-0.2, -0.15) is 0 Å². The zero-order valence-electron chi connectivity index (χ0n) is 10.2. The summed E-state index contributed by atoms with van der Waals surface area (Å²) < 4.78 is 0. The van der Waals surface area contributed by atoms with Crippen LogP contribution in [0, 0.1) is 0 Å². The molecule has 5 heteroatoms. The van der Waals surface area contributed by atoms with Crippen LogP contribution in [0.1, 0.15) is 12.8 Å². The van der Waals surface area contributed by atoms with Gasteiger partial charge in [0.05, 0.1) is 0 Å². The fourth-order valence-electron chi connectivity index (χ4n) is 2.20. The molecule has 1 atom stereocenters. The van der Waals surface area contributed by atoms with Gasteiger partial charge in [-0.1, -0.05) is 6.07 Å². The van der Waals surface area contributed by atoms with Gasteiger partial charge in [0.25, 0.3) is 0 Å². The number of anilines is 2. The SMILES string of the molecule is CNC(=O)C1CCCN1c1cccc(NC)n1. The standard InChI is InChI=1S/C12H18N4O/c1-13-10-6-3-7-11(15-10)16-8-4-5-9(16)12(17)14-2/h3,6-7,9H,4-5,8H2,1-2H3,(H,13,15)(H,14,17). The molecule has 2 heterocycles. The third-order valence-electron chi connectivity index (χ3n) is 3.09. The Hall–Kier alpha value is -1.78. The molecule has 1 aliphatic rings. The molecule has 92 valence electrons. The van der Waals surface area contributed by atoms with E-state index in [1.54, 1.807) is 7.05 Å². The number of hydrogen-bond donors (Lipinski definition) is 2. The van der Waals surface area contributed by atoms with Crippen molar-refractivity contribution in [3.8, 4) is 0 Å². The zero-order chi connectivity index (χ0) is 12.3. The molecule has 1 unspecified atom stereocenters. The Kier molecular flexibility index (Phi) is 3.46. The molecule has 1 aromatic rings. The van der Waals surface area contributed by atoms with Crippen molar-refractivity contribution in [2.75, 3.05) is 30.9 Å². The number of carbonyl (C=O) groups is 1. The maximum Gasteiger partial charge on any atom is 0.242 e. The Bertz CT molecular complexity index is 407. The van der Waals surface area contributed by atoms with Crippen molar-refractivity contribution in [2.45, 2.75) is 18.9 Å². The summed E-state index contributed by atoms with van der Waals surface area (Å²) in [6.07, 6.45) is 1.93. The van der Waals surface area contributed by atoms with Crippen molar-refractivity contribution in [2.24, 2.45) is 0 Å². The highest BCUT2D eigenvalue weighted by Crippen LogP contribution is 2.24. The lowest BCUT2D eigenvalue weighted by molar-refractivity contribution is -0.121. The van der Waals surface area contributed by atoms with E-state index in [-0.39, 0.29) is 11.9 Å². The van der Waals surface area contributed by atoms with Gasteiger partial charge in [0.15, 0.2) is 0 Å². The van der Waals surface area contributed by atoms with E-state index in [4.69, 9.17) is 0 Å². The predicted molar refractivity (Wildman–Crippen MR) is 68.2 cm³/mol. The van der Waals surface area contributed by atoms with E-state index in [2.05, 4.69) is 20.5 Å². The number of likely N-dealkylation sites (N-methyl/N-ethyl adjacent to an activating group) is 1. The van der Waals surface area contributed by atoms with Gasteiger partial charge in [-0.15, -0.1) is 0 Å². The van der Waals surface area contributed by atoms with Gasteiger partial charge in [0.1, 0.15) is 17.7 Å². The van der Waals surface area contributed by atoms with Crippen LogP contribution >= 0.6 is 0 Å². The van der Waals surface area contributed by atoms with E-state index < -0.39 is 0 Å². The third-order valence-corrected chi connectivity index (χ3v) is 3.09. The molecule has 0 radical (unpaired) electrons. The summed E-state index contributed by atoms with van der Waals surface area (Å²) >= 11 is 0. The highest BCUT2D eigenvalue weighted by Gasteiger charge is 2.30. The molecule has 1 fully saturated rings. The number of pyridine rings is 1. The molecule has 0 spiro atoms. The van der Waals surface area contributed by atoms with E-state index in [9.17, 15) is 4.79 Å². The van der Waals surface area contributed by atoms with Crippen LogP contribution < -0.4 is 15.5 Å². The van der Waals surface area contributed by atoms with Crippen molar-refractivity contribution in [3.05, 3.63) is 18.2 Å². The Labute approximate surface area is 101 Å². The molecule has 1 aliphatic heterocycles. The number of hydrogen-bond acceptors (Lipinski definition) is 4. The van der Waals surface area contributed by atoms with Crippen LogP contribution in [0.15, 0.2) is 18.2 Å². The topological polar surface area (TPSA) is 57.3 Å². The fraction of sp³-hybridized carbons (Fsp3) is 0.500. The number of carbonyl (C=O) groups excluding carboxylic acids is 1. The van der Waals surface area contributed by atoms with E-state index in [1.165, 1.54) is 0 Å². The van der Waals surface area contributed by atoms with Crippen LogP contribution in [0.2, 0.25) is 0 Å². The number of nitrogens with zero attached hydrogens (tertiary/aromatic N) is 2. The molecular formula is C12H18N4O. The molecule has 2 rings (SSSR count). The fourth-order valence-corrected chi connectivity index (χ4v) is 2.20. The molecule has 17 heavy (non-hydrogen) atoms. The minimum atomic E-state index is -0.0837. The lowest BCUT2D eigenvalue weighted by atomic mass is 10.2. The van der Waals surface area contributed by atoms with Crippen LogP contribution in [0.25, 0.3) is 0 Å². The number of nitrogens with one attached hydrogen (secondary N) is 2. The monoisotopic (exact) mass is 234 g/mol. The van der Waals surface area contributed by atoms with E-state index >= 15 is 0 Å². The van der Waals surface area contributed by atoms with Gasteiger partial charge in [-0.25, -0.2) is 4.98 Å². The summed E-state index contributed by atoms with van der Waals surface area (Å²) in [6, 6.07) is 5.73. The average molecular weight is 234 g/mol. The first-order valence-electron chi connectivity index (χ1n) is 5.89. The van der Waals surface area contributed by atoms with E-state index in [0.29, 0.717) is 0 Å². The van der Waals surface area contributed by atoms with E-state index in [1.807, 2.05) is 25.2 Å². The van der Waals surface area contributed by atoms with Crippen molar-refractivity contribution >= 4 is 17.5 Å². The van der Waals surface area contributed by atoms with Crippen molar-refractivity contribution in [3.63, 3.8) is 0 Å². The summed E-state index contributed by atoms with van der Waals surface area (Å²) in [4.78, 5) is 18.3. The van der Waals surface area contributed by atoms with Gasteiger partial charge in [0, 0.05) is 20.6 Å². The molecular weight excluding hydrogens is 216 g/mol. The molecule has 2 N–H and O–H groups in total. The number of amides is 1. The maximum absolute atomic E-state index is 11.8. The van der Waals surface area contributed by atoms with Gasteiger partial charge in [-0.3, -0.25) is 4.79 Å². The van der Waals surface area contributed by atoms with Crippen LogP contribution in [0.3, 0.4) is 0 Å². The second kappa shape index (κ2) is 5.03. The summed E-state index contributed by atoms with van der Waals surface area (Å²) in [6.45, 7) is 0.887. The molecule has 0 bridgehead atoms. The Balaban J connectivity index is 2.22. The number of aromatic nitrogens is 1. The zero-order valence-corrected chi connectivity index (χ0v) is 10.2. The Morgan fingerprint density at radius 2 is 2.29 bits per heavy atom. The quantitative estimate of drug-likeness (QED) is 0.813. The number of rotatable bonds is 3. The lowest BCUT2D eigenvalue weighted by Gasteiger charge is -2.24. The summed E-state index contributed by atoms with van der Waals surface area (Å²) in [5.41, 5.74) is 0. The second-order valence-corrected chi connectivity index (χ2v) is 4.10. The Morgan fingerprint density at radius 1 is 1.47 bits per heavy atom. The summed E-state index contributed by atoms with van der Waals surface area (Å²) in [5.74, 6) is 1.76. The molecule has 0 aromatic carbocycles. The maximum atomic E-state index is 11.8. The molecule has 1 saturated heterocycles. The normalized spacial score (nSPS) is 19.2. The van der Waals surface area contributed by atoms with Crippen LogP contribution in [-0.2, 0) is 4.79 Å². The van der Waals surface area contributed by atoms with Crippen molar-refractivity contribution in [1.82, 2.24) is 10.3 Å². The van der Waals surface area contributed by atoms with Gasteiger partial charge in [0.2, 0.25) is 5.91 Å². The molecule has 1 amide bonds. The minimum Gasteiger partial charge on any atom is -0.373 e. The first-order chi connectivity index (χ1) is 8.26. The van der Waals surface area contributed by atoms with Gasteiger partial charge in [-0.05, 0) is 25.0 Å². The third kappa shape index (κ3) is 2.33. The van der Waals surface area contributed by atoms with Crippen LogP contribution in [0.5, 0.6) is 0 Å². The average Bonchev–Trinajstić information content (AvgIpc) is 2.87. The summed E-state index contributed by atoms with van der Waals surface area (Å²) in [7, 11) is 3.52. The molecule has 1 aromatic heterocycles. The van der Waals surface area contributed by atoms with Gasteiger partial charge < -0.3 is 15.5 Å². The second-order valence-electron chi connectivity index (χ2n) is 4.10. The smallest absolute Gasteiger partial charge is 0.242 e. The molecule has 5 nitrogen and oxygen atoms in total. The lowest BCUT2D eigenvalue weighted by Crippen LogP contribution is -2.42. The first kappa shape index (κ1) is 11.7. The van der Waals surface area contributed by atoms with Crippen molar-refractivity contribution < 1.29 is 4.79 Å².